The van der Waals surface area contributed by atoms with Crippen LogP contribution < -0.4 is 5.32 Å². The molecular formula is C25H21ClF4N2O3S. The summed E-state index contributed by atoms with van der Waals surface area (Å²) >= 11 is 6.33. The second-order valence-corrected chi connectivity index (χ2v) is 10.8. The number of nitrogens with zero attached hydrogens (tertiary/aromatic N) is 1. The quantitative estimate of drug-likeness (QED) is 0.420. The zero-order valence-electron chi connectivity index (χ0n) is 19.0. The Labute approximate surface area is 210 Å². The van der Waals surface area contributed by atoms with E-state index in [4.69, 9.17) is 11.6 Å². The van der Waals surface area contributed by atoms with Gasteiger partial charge >= 0.3 is 6.18 Å². The zero-order chi connectivity index (χ0) is 26.3. The first-order chi connectivity index (χ1) is 16.9. The van der Waals surface area contributed by atoms with E-state index in [2.05, 4.69) is 5.32 Å². The Morgan fingerprint density at radius 3 is 2.44 bits per heavy atom. The minimum absolute atomic E-state index is 0.00651. The molecule has 0 spiro atoms. The summed E-state index contributed by atoms with van der Waals surface area (Å²) in [5.74, 6) is -1.13. The van der Waals surface area contributed by atoms with Gasteiger partial charge in [-0.05, 0) is 65.9 Å². The normalized spacial score (nSPS) is 14.4. The number of halogens is 5. The Morgan fingerprint density at radius 1 is 1.08 bits per heavy atom. The van der Waals surface area contributed by atoms with Crippen molar-refractivity contribution in [3.05, 3.63) is 93.3 Å². The first-order valence-electron chi connectivity index (χ1n) is 10.9. The van der Waals surface area contributed by atoms with Gasteiger partial charge in [0, 0.05) is 13.1 Å². The number of fused-ring (bicyclic) bond motifs is 1. The highest BCUT2D eigenvalue weighted by Crippen LogP contribution is 2.35. The number of hydrogen-bond donors (Lipinski definition) is 1. The van der Waals surface area contributed by atoms with Gasteiger partial charge in [0.2, 0.25) is 15.9 Å². The van der Waals surface area contributed by atoms with Gasteiger partial charge in [-0.25, -0.2) is 12.8 Å². The largest absolute Gasteiger partial charge is 0.416 e. The minimum atomic E-state index is -4.47. The third kappa shape index (κ3) is 5.40. The van der Waals surface area contributed by atoms with Crippen molar-refractivity contribution in [2.24, 2.45) is 0 Å². The molecule has 0 radical (unpaired) electrons. The maximum absolute atomic E-state index is 13.7. The number of nitrogens with one attached hydrogen (secondary N) is 1. The molecule has 0 atom stereocenters. The van der Waals surface area contributed by atoms with E-state index in [9.17, 15) is 30.8 Å². The van der Waals surface area contributed by atoms with Crippen molar-refractivity contribution in [1.29, 1.82) is 0 Å². The molecule has 1 heterocycles. The van der Waals surface area contributed by atoms with Crippen LogP contribution in [0.3, 0.4) is 0 Å². The van der Waals surface area contributed by atoms with Crippen molar-refractivity contribution in [2.75, 3.05) is 11.9 Å². The number of benzene rings is 3. The van der Waals surface area contributed by atoms with E-state index in [1.165, 1.54) is 34.6 Å². The van der Waals surface area contributed by atoms with Crippen molar-refractivity contribution in [2.45, 2.75) is 37.4 Å². The second-order valence-electron chi connectivity index (χ2n) is 8.48. The smallest absolute Gasteiger partial charge is 0.324 e. The lowest BCUT2D eigenvalue weighted by atomic mass is 9.98. The molecule has 1 aliphatic rings. The van der Waals surface area contributed by atoms with E-state index >= 15 is 0 Å². The lowest BCUT2D eigenvalue weighted by Gasteiger charge is -2.30. The Hall–Kier alpha value is -2.95. The molecule has 0 bridgehead atoms. The van der Waals surface area contributed by atoms with Gasteiger partial charge in [-0.1, -0.05) is 35.9 Å². The van der Waals surface area contributed by atoms with Gasteiger partial charge in [0.05, 0.1) is 27.6 Å². The van der Waals surface area contributed by atoms with Crippen LogP contribution in [-0.4, -0.2) is 25.2 Å². The van der Waals surface area contributed by atoms with Crippen molar-refractivity contribution in [1.82, 2.24) is 4.31 Å². The molecule has 3 aromatic carbocycles. The Morgan fingerprint density at radius 2 is 1.78 bits per heavy atom. The number of aryl methyl sites for hydroxylation is 1. The van der Waals surface area contributed by atoms with Crippen LogP contribution in [-0.2, 0) is 40.4 Å². The summed E-state index contributed by atoms with van der Waals surface area (Å²) in [6, 6.07) is 11.1. The summed E-state index contributed by atoms with van der Waals surface area (Å²) in [4.78, 5) is 12.5. The number of sulfonamides is 1. The van der Waals surface area contributed by atoms with E-state index in [0.717, 1.165) is 18.2 Å². The van der Waals surface area contributed by atoms with Gasteiger partial charge in [0.1, 0.15) is 5.82 Å². The number of alkyl halides is 3. The van der Waals surface area contributed by atoms with Crippen LogP contribution in [0.5, 0.6) is 0 Å². The molecule has 0 fully saturated rings. The average molecular weight is 541 g/mol. The van der Waals surface area contributed by atoms with E-state index in [-0.39, 0.29) is 35.8 Å². The molecular weight excluding hydrogens is 520 g/mol. The molecule has 0 aliphatic carbocycles. The summed E-state index contributed by atoms with van der Waals surface area (Å²) in [5.41, 5.74) is 1.65. The lowest BCUT2D eigenvalue weighted by Crippen LogP contribution is -2.36. The predicted octanol–water partition coefficient (Wildman–Crippen LogP) is 5.73. The highest BCUT2D eigenvalue weighted by atomic mass is 35.5. The summed E-state index contributed by atoms with van der Waals surface area (Å²) in [6.07, 6.45) is -4.39. The first-order valence-corrected chi connectivity index (χ1v) is 12.7. The predicted molar refractivity (Wildman–Crippen MR) is 128 cm³/mol. The maximum atomic E-state index is 13.7. The second kappa shape index (κ2) is 9.84. The molecule has 190 valence electrons. The molecule has 1 N–H and O–H groups in total. The van der Waals surface area contributed by atoms with E-state index < -0.39 is 33.5 Å². The van der Waals surface area contributed by atoms with Gasteiger partial charge in [-0.2, -0.15) is 17.5 Å². The third-order valence-electron chi connectivity index (χ3n) is 6.00. The molecule has 1 amide bonds. The van der Waals surface area contributed by atoms with Crippen LogP contribution >= 0.6 is 11.6 Å². The zero-order valence-corrected chi connectivity index (χ0v) is 20.6. The topological polar surface area (TPSA) is 66.5 Å². The van der Waals surface area contributed by atoms with Crippen LogP contribution in [0.2, 0.25) is 5.02 Å². The van der Waals surface area contributed by atoms with Crippen molar-refractivity contribution >= 4 is 33.2 Å². The van der Waals surface area contributed by atoms with Gasteiger partial charge < -0.3 is 5.32 Å². The van der Waals surface area contributed by atoms with Gasteiger partial charge in [-0.3, -0.25) is 4.79 Å². The number of amides is 1. The molecule has 1 aliphatic heterocycles. The molecule has 36 heavy (non-hydrogen) atoms. The molecule has 3 aromatic rings. The van der Waals surface area contributed by atoms with E-state index in [1.54, 1.807) is 13.0 Å². The number of hydrogen-bond acceptors (Lipinski definition) is 3. The average Bonchev–Trinajstić information content (AvgIpc) is 2.82. The van der Waals surface area contributed by atoms with E-state index in [0.29, 0.717) is 27.9 Å². The van der Waals surface area contributed by atoms with Crippen molar-refractivity contribution < 1.29 is 30.8 Å². The van der Waals surface area contributed by atoms with Crippen LogP contribution in [0.4, 0.5) is 23.2 Å². The van der Waals surface area contributed by atoms with Crippen molar-refractivity contribution in [3.8, 4) is 0 Å². The fourth-order valence-electron chi connectivity index (χ4n) is 4.11. The fraction of sp³-hybridized carbons (Fsp3) is 0.240. The Kier molecular flexibility index (Phi) is 7.14. The number of carbonyl (C=O) groups is 1. The lowest BCUT2D eigenvalue weighted by molar-refractivity contribution is -0.137. The maximum Gasteiger partial charge on any atom is 0.416 e. The highest BCUT2D eigenvalue weighted by Gasteiger charge is 2.32. The molecule has 11 heteroatoms. The van der Waals surface area contributed by atoms with Crippen LogP contribution in [0, 0.1) is 12.7 Å². The highest BCUT2D eigenvalue weighted by molar-refractivity contribution is 7.89. The molecule has 0 unspecified atom stereocenters. The van der Waals surface area contributed by atoms with E-state index in [1.807, 2.05) is 0 Å². The third-order valence-corrected chi connectivity index (χ3v) is 8.30. The van der Waals surface area contributed by atoms with Crippen LogP contribution in [0.25, 0.3) is 0 Å². The standard InChI is InChI=1S/C25H21ClF4N2O3S/c1-15-2-8-19(27)13-22(15)36(34,35)32-11-10-20-17(14-32)5-9-21(26)24(20)31-23(33)12-16-3-6-18(7-4-16)25(28,29)30/h2-9,13H,10-12,14H2,1H3,(H,31,33). The molecule has 5 nitrogen and oxygen atoms in total. The molecule has 0 saturated carbocycles. The van der Waals surface area contributed by atoms with Crippen LogP contribution in [0.1, 0.15) is 27.8 Å². The molecule has 0 saturated heterocycles. The Bertz CT molecular complexity index is 1420. The summed E-state index contributed by atoms with van der Waals surface area (Å²) < 4.78 is 79.6. The van der Waals surface area contributed by atoms with Crippen LogP contribution in [0.15, 0.2) is 59.5 Å². The number of rotatable bonds is 5. The van der Waals surface area contributed by atoms with Gasteiger partial charge in [-0.15, -0.1) is 0 Å². The Balaban J connectivity index is 1.53. The summed E-state index contributed by atoms with van der Waals surface area (Å²) in [6.45, 7) is 1.69. The van der Waals surface area contributed by atoms with Crippen molar-refractivity contribution in [3.63, 3.8) is 0 Å². The van der Waals surface area contributed by atoms with Gasteiger partial charge in [0.15, 0.2) is 0 Å². The summed E-state index contributed by atoms with van der Waals surface area (Å²) in [7, 11) is -3.97. The molecule has 4 rings (SSSR count). The number of carbonyl (C=O) groups excluding carboxylic acids is 1. The first kappa shape index (κ1) is 26.1. The fourth-order valence-corrected chi connectivity index (χ4v) is 5.99. The molecule has 0 aromatic heterocycles. The van der Waals surface area contributed by atoms with Gasteiger partial charge in [0.25, 0.3) is 0 Å². The summed E-state index contributed by atoms with van der Waals surface area (Å²) in [5, 5.41) is 2.98. The number of anilines is 1. The minimum Gasteiger partial charge on any atom is -0.324 e. The monoisotopic (exact) mass is 540 g/mol. The SMILES string of the molecule is Cc1ccc(F)cc1S(=O)(=O)N1CCc2c(ccc(Cl)c2NC(=O)Cc2ccc(C(F)(F)F)cc2)C1.